The maximum atomic E-state index is 12.3. The summed E-state index contributed by atoms with van der Waals surface area (Å²) >= 11 is 3.55. The van der Waals surface area contributed by atoms with Crippen LogP contribution in [0.1, 0.15) is 18.4 Å². The van der Waals surface area contributed by atoms with E-state index >= 15 is 0 Å². The summed E-state index contributed by atoms with van der Waals surface area (Å²) in [5.74, 6) is 0.532. The van der Waals surface area contributed by atoms with Gasteiger partial charge in [0.05, 0.1) is 5.92 Å². The quantitative estimate of drug-likeness (QED) is 0.908. The summed E-state index contributed by atoms with van der Waals surface area (Å²) in [6, 6.07) is 8.49. The first-order valence-corrected chi connectivity index (χ1v) is 7.30. The molecule has 0 radical (unpaired) electrons. The molecular formula is C14H17BrN2O. The van der Waals surface area contributed by atoms with Crippen LogP contribution in [0.15, 0.2) is 28.7 Å². The molecule has 96 valence electrons. The van der Waals surface area contributed by atoms with Gasteiger partial charge in [-0.1, -0.05) is 34.1 Å². The fourth-order valence-corrected chi connectivity index (χ4v) is 3.39. The van der Waals surface area contributed by atoms with Crippen molar-refractivity contribution < 1.29 is 4.79 Å². The van der Waals surface area contributed by atoms with Crippen molar-refractivity contribution in [1.82, 2.24) is 10.2 Å². The largest absolute Gasteiger partial charge is 0.336 e. The highest BCUT2D eigenvalue weighted by molar-refractivity contribution is 9.10. The minimum absolute atomic E-state index is 0.209. The second kappa shape index (κ2) is 5.02. The van der Waals surface area contributed by atoms with Crippen LogP contribution in [0.4, 0.5) is 0 Å². The van der Waals surface area contributed by atoms with E-state index in [1.165, 1.54) is 5.56 Å². The molecule has 1 aromatic rings. The van der Waals surface area contributed by atoms with Crippen LogP contribution in [0.3, 0.4) is 0 Å². The number of fused-ring (bicyclic) bond motifs is 1. The first kappa shape index (κ1) is 12.2. The second-order valence-corrected chi connectivity index (χ2v) is 5.97. The van der Waals surface area contributed by atoms with E-state index in [9.17, 15) is 4.79 Å². The average Bonchev–Trinajstić information content (AvgIpc) is 2.70. The lowest BCUT2D eigenvalue weighted by Gasteiger charge is -2.23. The molecule has 1 aromatic carbocycles. The highest BCUT2D eigenvalue weighted by atomic mass is 79.9. The minimum atomic E-state index is 0.209. The van der Waals surface area contributed by atoms with Crippen LogP contribution >= 0.6 is 15.9 Å². The van der Waals surface area contributed by atoms with Crippen molar-refractivity contribution in [3.8, 4) is 0 Å². The number of carbonyl (C=O) groups is 1. The van der Waals surface area contributed by atoms with E-state index in [0.717, 1.165) is 36.9 Å². The Morgan fingerprint density at radius 3 is 3.00 bits per heavy atom. The molecule has 3 nitrogen and oxygen atoms in total. The molecule has 2 atom stereocenters. The van der Waals surface area contributed by atoms with Crippen LogP contribution in [0.2, 0.25) is 0 Å². The van der Waals surface area contributed by atoms with Crippen molar-refractivity contribution in [3.05, 3.63) is 34.3 Å². The summed E-state index contributed by atoms with van der Waals surface area (Å²) in [5.41, 5.74) is 1.18. The van der Waals surface area contributed by atoms with Crippen molar-refractivity contribution >= 4 is 21.8 Å². The predicted octanol–water partition coefficient (Wildman–Crippen LogP) is 2.16. The molecule has 18 heavy (non-hydrogen) atoms. The Kier molecular flexibility index (Phi) is 3.39. The summed E-state index contributed by atoms with van der Waals surface area (Å²) in [7, 11) is 0. The molecule has 3 rings (SSSR count). The van der Waals surface area contributed by atoms with Gasteiger partial charge in [-0.2, -0.15) is 0 Å². The number of benzene rings is 1. The third-order valence-electron chi connectivity index (χ3n) is 3.95. The summed E-state index contributed by atoms with van der Waals surface area (Å²) < 4.78 is 1.08. The maximum Gasteiger partial charge on any atom is 0.227 e. The van der Waals surface area contributed by atoms with E-state index in [0.29, 0.717) is 11.9 Å². The normalized spacial score (nSPS) is 27.4. The SMILES string of the molecule is O=C1C2CCCNC2CN1Cc1ccccc1Br. The molecule has 1 amide bonds. The molecular weight excluding hydrogens is 292 g/mol. The van der Waals surface area contributed by atoms with Gasteiger partial charge in [0.2, 0.25) is 5.91 Å². The Bertz CT molecular complexity index is 463. The third-order valence-corrected chi connectivity index (χ3v) is 4.72. The van der Waals surface area contributed by atoms with Crippen molar-refractivity contribution in [2.75, 3.05) is 13.1 Å². The Balaban J connectivity index is 1.74. The van der Waals surface area contributed by atoms with Crippen molar-refractivity contribution in [2.45, 2.75) is 25.4 Å². The lowest BCUT2D eigenvalue weighted by atomic mass is 9.94. The van der Waals surface area contributed by atoms with Gasteiger partial charge in [-0.3, -0.25) is 4.79 Å². The fourth-order valence-electron chi connectivity index (χ4n) is 2.98. The first-order valence-electron chi connectivity index (χ1n) is 6.51. The fraction of sp³-hybridized carbons (Fsp3) is 0.500. The van der Waals surface area contributed by atoms with Crippen LogP contribution < -0.4 is 5.32 Å². The molecule has 1 N–H and O–H groups in total. The summed E-state index contributed by atoms with van der Waals surface area (Å²) in [6.07, 6.45) is 2.17. The highest BCUT2D eigenvalue weighted by Crippen LogP contribution is 2.28. The molecule has 2 saturated heterocycles. The number of nitrogens with zero attached hydrogens (tertiary/aromatic N) is 1. The van der Waals surface area contributed by atoms with Crippen LogP contribution in [0.5, 0.6) is 0 Å². The van der Waals surface area contributed by atoms with E-state index in [1.807, 2.05) is 23.1 Å². The molecule has 2 fully saturated rings. The molecule has 0 saturated carbocycles. The average molecular weight is 309 g/mol. The second-order valence-electron chi connectivity index (χ2n) is 5.12. The number of hydrogen-bond donors (Lipinski definition) is 1. The molecule has 4 heteroatoms. The minimum Gasteiger partial charge on any atom is -0.336 e. The van der Waals surface area contributed by atoms with Crippen molar-refractivity contribution in [2.24, 2.45) is 5.92 Å². The van der Waals surface area contributed by atoms with Gasteiger partial charge < -0.3 is 10.2 Å². The van der Waals surface area contributed by atoms with Crippen molar-refractivity contribution in [3.63, 3.8) is 0 Å². The summed E-state index contributed by atoms with van der Waals surface area (Å²) in [4.78, 5) is 14.3. The van der Waals surface area contributed by atoms with Gasteiger partial charge in [0, 0.05) is 23.6 Å². The van der Waals surface area contributed by atoms with Gasteiger partial charge in [-0.15, -0.1) is 0 Å². The molecule has 0 bridgehead atoms. The molecule has 0 aromatic heterocycles. The van der Waals surface area contributed by atoms with E-state index in [-0.39, 0.29) is 5.92 Å². The highest BCUT2D eigenvalue weighted by Gasteiger charge is 2.41. The van der Waals surface area contributed by atoms with Gasteiger partial charge in [0.25, 0.3) is 0 Å². The lowest BCUT2D eigenvalue weighted by molar-refractivity contribution is -0.131. The summed E-state index contributed by atoms with van der Waals surface area (Å²) in [6.45, 7) is 2.62. The smallest absolute Gasteiger partial charge is 0.227 e. The van der Waals surface area contributed by atoms with E-state index in [4.69, 9.17) is 0 Å². The third kappa shape index (κ3) is 2.19. The standard InChI is InChI=1S/C14H17BrN2O/c15-12-6-2-1-4-10(12)8-17-9-13-11(14(17)18)5-3-7-16-13/h1-2,4,6,11,13,16H,3,5,7-9H2. The molecule has 2 aliphatic heterocycles. The van der Waals surface area contributed by atoms with E-state index in [2.05, 4.69) is 27.3 Å². The number of piperidine rings is 1. The van der Waals surface area contributed by atoms with Gasteiger partial charge in [0.1, 0.15) is 0 Å². The van der Waals surface area contributed by atoms with Crippen LogP contribution in [0.25, 0.3) is 0 Å². The van der Waals surface area contributed by atoms with Gasteiger partial charge in [-0.25, -0.2) is 0 Å². The Hall–Kier alpha value is -0.870. The predicted molar refractivity (Wildman–Crippen MR) is 74.1 cm³/mol. The van der Waals surface area contributed by atoms with E-state index < -0.39 is 0 Å². The van der Waals surface area contributed by atoms with Gasteiger partial charge in [0.15, 0.2) is 0 Å². The summed E-state index contributed by atoms with van der Waals surface area (Å²) in [5, 5.41) is 3.47. The number of rotatable bonds is 2. The number of amides is 1. The van der Waals surface area contributed by atoms with Crippen LogP contribution in [-0.2, 0) is 11.3 Å². The first-order chi connectivity index (χ1) is 8.75. The zero-order valence-electron chi connectivity index (χ0n) is 10.2. The Morgan fingerprint density at radius 2 is 2.22 bits per heavy atom. The molecule has 0 spiro atoms. The molecule has 2 heterocycles. The monoisotopic (exact) mass is 308 g/mol. The topological polar surface area (TPSA) is 32.3 Å². The number of hydrogen-bond acceptors (Lipinski definition) is 2. The number of halogens is 1. The number of likely N-dealkylation sites (tertiary alicyclic amines) is 1. The zero-order valence-corrected chi connectivity index (χ0v) is 11.8. The number of carbonyl (C=O) groups excluding carboxylic acids is 1. The van der Waals surface area contributed by atoms with Gasteiger partial charge in [-0.05, 0) is 31.0 Å². The van der Waals surface area contributed by atoms with Crippen LogP contribution in [0, 0.1) is 5.92 Å². The molecule has 2 aliphatic rings. The molecule has 0 aliphatic carbocycles. The lowest BCUT2D eigenvalue weighted by Crippen LogP contribution is -2.41. The van der Waals surface area contributed by atoms with Crippen LogP contribution in [-0.4, -0.2) is 29.9 Å². The van der Waals surface area contributed by atoms with E-state index in [1.54, 1.807) is 0 Å². The number of nitrogens with one attached hydrogen (secondary N) is 1. The van der Waals surface area contributed by atoms with Gasteiger partial charge >= 0.3 is 0 Å². The Labute approximate surface area is 116 Å². The Morgan fingerprint density at radius 1 is 1.39 bits per heavy atom. The molecule has 2 unspecified atom stereocenters. The maximum absolute atomic E-state index is 12.3. The zero-order chi connectivity index (χ0) is 12.5. The van der Waals surface area contributed by atoms with Crippen molar-refractivity contribution in [1.29, 1.82) is 0 Å².